The maximum Gasteiger partial charge on any atom is 0.268 e. The molecule has 0 rings (SSSR count). The van der Waals surface area contributed by atoms with E-state index in [9.17, 15) is 19.4 Å². The first kappa shape index (κ1) is 64.5. The van der Waals surface area contributed by atoms with E-state index >= 15 is 0 Å². The van der Waals surface area contributed by atoms with Gasteiger partial charge in [-0.15, -0.1) is 0 Å². The molecule has 0 aromatic rings. The number of amides is 1. The third-order valence-electron chi connectivity index (χ3n) is 12.5. The Morgan fingerprint density at radius 3 is 1.35 bits per heavy atom. The summed E-state index contributed by atoms with van der Waals surface area (Å²) < 4.78 is 23.2. The average molecular weight is 949 g/mol. The molecule has 388 valence electrons. The number of aliphatic hydroxyl groups is 1. The summed E-state index contributed by atoms with van der Waals surface area (Å²) in [5, 5.41) is 13.7. The summed E-state index contributed by atoms with van der Waals surface area (Å²) in [4.78, 5) is 25.3. The van der Waals surface area contributed by atoms with Crippen LogP contribution in [0.25, 0.3) is 0 Å². The van der Waals surface area contributed by atoms with E-state index in [-0.39, 0.29) is 12.5 Å². The van der Waals surface area contributed by atoms with E-state index in [4.69, 9.17) is 9.05 Å². The number of quaternary nitrogens is 1. The van der Waals surface area contributed by atoms with E-state index in [0.29, 0.717) is 17.4 Å². The second-order valence-electron chi connectivity index (χ2n) is 20.3. The molecule has 0 radical (unpaired) electrons. The first-order valence-corrected chi connectivity index (χ1v) is 29.5. The van der Waals surface area contributed by atoms with Gasteiger partial charge in [-0.05, 0) is 64.2 Å². The first-order valence-electron chi connectivity index (χ1n) is 28.0. The topological polar surface area (TPSA) is 108 Å². The van der Waals surface area contributed by atoms with Crippen molar-refractivity contribution in [3.05, 3.63) is 48.6 Å². The largest absolute Gasteiger partial charge is 0.756 e. The van der Waals surface area contributed by atoms with Gasteiger partial charge in [-0.1, -0.05) is 236 Å². The van der Waals surface area contributed by atoms with E-state index < -0.39 is 26.6 Å². The lowest BCUT2D eigenvalue weighted by Gasteiger charge is -2.29. The fourth-order valence-electron chi connectivity index (χ4n) is 8.08. The molecule has 0 saturated heterocycles. The van der Waals surface area contributed by atoms with Crippen LogP contribution in [0.3, 0.4) is 0 Å². The van der Waals surface area contributed by atoms with Gasteiger partial charge in [0.15, 0.2) is 0 Å². The Kier molecular flexibility index (Phi) is 47.4. The SMILES string of the molecule is CCCCC/C=C/CC/C=C/C(O)C(COP(=O)([O-])OCC[N+](C)(C)C)NC(=O)CCCCCCCCCCCCCCCCCCCCCCCCC/C=C\C/C=C\CCCCCCC. The number of hydrogen-bond acceptors (Lipinski definition) is 6. The molecule has 0 fully saturated rings. The van der Waals surface area contributed by atoms with Crippen LogP contribution in [0.1, 0.15) is 258 Å². The first-order chi connectivity index (χ1) is 32.0. The molecule has 8 nitrogen and oxygen atoms in total. The lowest BCUT2D eigenvalue weighted by molar-refractivity contribution is -0.870. The molecule has 66 heavy (non-hydrogen) atoms. The number of nitrogens with zero attached hydrogens (tertiary/aromatic N) is 1. The van der Waals surface area contributed by atoms with Gasteiger partial charge in [0.1, 0.15) is 13.2 Å². The van der Waals surface area contributed by atoms with Gasteiger partial charge in [-0.3, -0.25) is 9.36 Å². The molecule has 2 N–H and O–H groups in total. The van der Waals surface area contributed by atoms with E-state index in [1.807, 2.05) is 27.2 Å². The monoisotopic (exact) mass is 949 g/mol. The quantitative estimate of drug-likeness (QED) is 0.0272. The van der Waals surface area contributed by atoms with Crippen molar-refractivity contribution in [2.45, 2.75) is 270 Å². The molecule has 3 atom stereocenters. The summed E-state index contributed by atoms with van der Waals surface area (Å²) in [7, 11) is 1.25. The zero-order valence-electron chi connectivity index (χ0n) is 44.1. The molecule has 0 aliphatic rings. The van der Waals surface area contributed by atoms with Gasteiger partial charge in [-0.25, -0.2) is 0 Å². The number of phosphoric acid groups is 1. The molecule has 1 amide bonds. The summed E-state index contributed by atoms with van der Waals surface area (Å²) in [6, 6.07) is -0.900. The van der Waals surface area contributed by atoms with Gasteiger partial charge in [0.2, 0.25) is 5.91 Å². The maximum atomic E-state index is 12.9. The predicted molar refractivity (Wildman–Crippen MR) is 284 cm³/mol. The molecule has 0 heterocycles. The Hall–Kier alpha value is -1.54. The second-order valence-corrected chi connectivity index (χ2v) is 21.7. The Labute approximate surface area is 409 Å². The standard InChI is InChI=1S/C57H109N2O6P/c1-6-8-10-12-14-16-17-18-19-20-21-22-23-24-25-26-27-28-29-30-31-32-33-34-35-36-37-38-39-40-41-43-45-47-49-51-57(61)58-55(54-65-66(62,63)64-53-52-59(3,4)5)56(60)50-48-46-44-42-15-13-11-9-7-2/h15,17-18,20-21,42,48,50,55-56,60H,6-14,16,19,22-41,43-47,49,51-54H2,1-5H3,(H-,58,61,62,63)/b18-17-,21-20-,42-15+,50-48+. The predicted octanol–water partition coefficient (Wildman–Crippen LogP) is 16.1. The Balaban J connectivity index is 3.88. The highest BCUT2D eigenvalue weighted by Gasteiger charge is 2.23. The number of rotatable bonds is 51. The molecule has 3 unspecified atom stereocenters. The fraction of sp³-hybridized carbons (Fsp3) is 0.842. The van der Waals surface area contributed by atoms with Crippen LogP contribution >= 0.6 is 7.82 Å². The zero-order valence-corrected chi connectivity index (χ0v) is 45.0. The number of hydrogen-bond donors (Lipinski definition) is 2. The Bertz CT molecular complexity index is 1210. The molecule has 9 heteroatoms. The van der Waals surface area contributed by atoms with Crippen molar-refractivity contribution < 1.29 is 32.9 Å². The minimum atomic E-state index is -4.59. The molecule has 0 aromatic carbocycles. The van der Waals surface area contributed by atoms with Gasteiger partial charge < -0.3 is 28.8 Å². The highest BCUT2D eigenvalue weighted by Crippen LogP contribution is 2.38. The van der Waals surface area contributed by atoms with Crippen molar-refractivity contribution in [2.75, 3.05) is 40.9 Å². The van der Waals surface area contributed by atoms with E-state index in [0.717, 1.165) is 44.9 Å². The number of likely N-dealkylation sites (N-methyl/N-ethyl adjacent to an activating group) is 1. The van der Waals surface area contributed by atoms with E-state index in [2.05, 4.69) is 55.6 Å². The van der Waals surface area contributed by atoms with Crippen LogP contribution in [0.4, 0.5) is 0 Å². The van der Waals surface area contributed by atoms with E-state index in [1.165, 1.54) is 193 Å². The maximum absolute atomic E-state index is 12.9. The molecular weight excluding hydrogens is 840 g/mol. The van der Waals surface area contributed by atoms with Crippen molar-refractivity contribution >= 4 is 13.7 Å². The van der Waals surface area contributed by atoms with Crippen molar-refractivity contribution in [2.24, 2.45) is 0 Å². The lowest BCUT2D eigenvalue weighted by atomic mass is 10.0. The van der Waals surface area contributed by atoms with E-state index in [1.54, 1.807) is 6.08 Å². The summed E-state index contributed by atoms with van der Waals surface area (Å²) in [6.45, 7) is 4.57. The Morgan fingerprint density at radius 2 is 0.894 bits per heavy atom. The number of aliphatic hydroxyl groups excluding tert-OH is 1. The van der Waals surface area contributed by atoms with Crippen LogP contribution in [0.5, 0.6) is 0 Å². The molecule has 0 aliphatic carbocycles. The summed E-state index contributed by atoms with van der Waals surface area (Å²) >= 11 is 0. The molecule has 0 aliphatic heterocycles. The molecular formula is C57H109N2O6P. The van der Waals surface area contributed by atoms with Gasteiger partial charge in [0.25, 0.3) is 7.82 Å². The van der Waals surface area contributed by atoms with Crippen LogP contribution in [-0.4, -0.2) is 68.5 Å². The minimum absolute atomic E-state index is 0.00604. The van der Waals surface area contributed by atoms with Gasteiger partial charge in [-0.2, -0.15) is 0 Å². The second kappa shape index (κ2) is 48.5. The third kappa shape index (κ3) is 50.3. The highest BCUT2D eigenvalue weighted by molar-refractivity contribution is 7.45. The van der Waals surface area contributed by atoms with Crippen LogP contribution in [-0.2, 0) is 18.4 Å². The minimum Gasteiger partial charge on any atom is -0.756 e. The van der Waals surface area contributed by atoms with Crippen molar-refractivity contribution in [3.63, 3.8) is 0 Å². The number of allylic oxidation sites excluding steroid dienone is 7. The third-order valence-corrected chi connectivity index (χ3v) is 13.5. The average Bonchev–Trinajstić information content (AvgIpc) is 3.28. The highest BCUT2D eigenvalue weighted by atomic mass is 31.2. The van der Waals surface area contributed by atoms with Crippen LogP contribution in [0, 0.1) is 0 Å². The lowest BCUT2D eigenvalue weighted by Crippen LogP contribution is -2.45. The smallest absolute Gasteiger partial charge is 0.268 e. The molecule has 0 spiro atoms. The molecule has 0 aromatic heterocycles. The van der Waals surface area contributed by atoms with Crippen LogP contribution in [0.2, 0.25) is 0 Å². The van der Waals surface area contributed by atoms with Crippen molar-refractivity contribution in [1.29, 1.82) is 0 Å². The molecule has 0 saturated carbocycles. The van der Waals surface area contributed by atoms with Crippen LogP contribution in [0.15, 0.2) is 48.6 Å². The fourth-order valence-corrected chi connectivity index (χ4v) is 8.81. The number of phosphoric ester groups is 1. The summed E-state index contributed by atoms with van der Waals surface area (Å²) in [5.74, 6) is -0.207. The summed E-state index contributed by atoms with van der Waals surface area (Å²) in [6.07, 6.45) is 63.7. The number of nitrogens with one attached hydrogen (secondary N) is 1. The van der Waals surface area contributed by atoms with Crippen molar-refractivity contribution in [1.82, 2.24) is 5.32 Å². The van der Waals surface area contributed by atoms with Crippen molar-refractivity contribution in [3.8, 4) is 0 Å². The number of carbonyl (C=O) groups excluding carboxylic acids is 1. The zero-order chi connectivity index (χ0) is 48.5. The van der Waals surface area contributed by atoms with Gasteiger partial charge >= 0.3 is 0 Å². The normalized spacial score (nSPS) is 14.3. The molecule has 0 bridgehead atoms. The number of carbonyl (C=O) groups is 1. The van der Waals surface area contributed by atoms with Crippen LogP contribution < -0.4 is 10.2 Å². The number of unbranched alkanes of at least 4 members (excludes halogenated alkanes) is 32. The van der Waals surface area contributed by atoms with Gasteiger partial charge in [0.05, 0.1) is 39.9 Å². The summed E-state index contributed by atoms with van der Waals surface area (Å²) in [5.41, 5.74) is 0. The van der Waals surface area contributed by atoms with Gasteiger partial charge in [0, 0.05) is 6.42 Å². The Morgan fingerprint density at radius 1 is 0.530 bits per heavy atom.